The van der Waals surface area contributed by atoms with Crippen LogP contribution in [0, 0.1) is 0 Å². The van der Waals surface area contributed by atoms with Crippen LogP contribution in [0.25, 0.3) is 11.1 Å². The van der Waals surface area contributed by atoms with Crippen molar-refractivity contribution in [3.63, 3.8) is 0 Å². The summed E-state index contributed by atoms with van der Waals surface area (Å²) in [6.07, 6.45) is 1.09. The van der Waals surface area contributed by atoms with Crippen molar-refractivity contribution >= 4 is 39.6 Å². The number of benzene rings is 2. The van der Waals surface area contributed by atoms with E-state index in [4.69, 9.17) is 0 Å². The van der Waals surface area contributed by atoms with E-state index in [1.807, 2.05) is 46.0 Å². The highest BCUT2D eigenvalue weighted by atomic mass is 32.1. The van der Waals surface area contributed by atoms with Crippen molar-refractivity contribution in [2.75, 3.05) is 11.9 Å². The van der Waals surface area contributed by atoms with E-state index in [9.17, 15) is 9.59 Å². The Balaban J connectivity index is 1.21. The molecule has 32 heavy (non-hydrogen) atoms. The summed E-state index contributed by atoms with van der Waals surface area (Å²) in [5.74, 6) is -0.0374. The number of carbonyl (C=O) groups excluding carboxylic acids is 2. The number of fused-ring (bicyclic) bond motifs is 1. The largest absolute Gasteiger partial charge is 0.337 e. The number of rotatable bonds is 5. The smallest absolute Gasteiger partial charge is 0.258 e. The summed E-state index contributed by atoms with van der Waals surface area (Å²) in [5.41, 5.74) is 4.94. The number of amides is 2. The molecule has 2 amide bonds. The fourth-order valence-corrected chi connectivity index (χ4v) is 5.41. The molecule has 0 saturated carbocycles. The Kier molecular flexibility index (Phi) is 5.83. The van der Waals surface area contributed by atoms with E-state index < -0.39 is 0 Å². The Morgan fingerprint density at radius 3 is 2.53 bits per heavy atom. The number of aromatic nitrogens is 1. The summed E-state index contributed by atoms with van der Waals surface area (Å²) in [4.78, 5) is 32.7. The Morgan fingerprint density at radius 2 is 1.78 bits per heavy atom. The second-order valence-electron chi connectivity index (χ2n) is 7.66. The van der Waals surface area contributed by atoms with Gasteiger partial charge in [0.05, 0.1) is 24.2 Å². The van der Waals surface area contributed by atoms with Gasteiger partial charge >= 0.3 is 0 Å². The number of nitrogens with zero attached hydrogens (tertiary/aromatic N) is 2. The van der Waals surface area contributed by atoms with E-state index in [-0.39, 0.29) is 11.8 Å². The molecule has 1 N–H and O–H groups in total. The molecule has 1 aliphatic heterocycles. The molecule has 160 valence electrons. The Hall–Kier alpha value is -3.29. The molecule has 1 aliphatic rings. The van der Waals surface area contributed by atoms with Crippen LogP contribution in [-0.2, 0) is 24.2 Å². The first-order chi connectivity index (χ1) is 15.7. The summed E-state index contributed by atoms with van der Waals surface area (Å²) in [6.45, 7) is 1.19. The number of nitrogens with one attached hydrogen (secondary N) is 1. The summed E-state index contributed by atoms with van der Waals surface area (Å²) in [5, 5.41) is 7.16. The molecule has 0 bridgehead atoms. The minimum Gasteiger partial charge on any atom is -0.337 e. The Morgan fingerprint density at radius 1 is 1.00 bits per heavy atom. The van der Waals surface area contributed by atoms with Crippen molar-refractivity contribution in [3.05, 3.63) is 93.1 Å². The lowest BCUT2D eigenvalue weighted by atomic mass is 10.0. The fraction of sp³-hybridized carbons (Fsp3) is 0.160. The van der Waals surface area contributed by atoms with Gasteiger partial charge in [-0.2, -0.15) is 11.3 Å². The van der Waals surface area contributed by atoms with Gasteiger partial charge in [0.25, 0.3) is 5.91 Å². The van der Waals surface area contributed by atoms with Crippen LogP contribution < -0.4 is 5.32 Å². The van der Waals surface area contributed by atoms with Crippen molar-refractivity contribution in [1.29, 1.82) is 0 Å². The number of thiophene rings is 1. The fourth-order valence-electron chi connectivity index (χ4n) is 3.76. The van der Waals surface area contributed by atoms with Gasteiger partial charge in [-0.15, -0.1) is 0 Å². The van der Waals surface area contributed by atoms with Gasteiger partial charge in [-0.1, -0.05) is 65.9 Å². The van der Waals surface area contributed by atoms with E-state index in [1.54, 1.807) is 6.07 Å². The van der Waals surface area contributed by atoms with E-state index in [2.05, 4.69) is 34.6 Å². The number of hydrogen-bond acceptors (Lipinski definition) is 5. The van der Waals surface area contributed by atoms with Crippen LogP contribution in [0.3, 0.4) is 0 Å². The lowest BCUT2D eigenvalue weighted by molar-refractivity contribution is -0.131. The second kappa shape index (κ2) is 9.06. The van der Waals surface area contributed by atoms with Gasteiger partial charge in [-0.05, 0) is 28.1 Å². The van der Waals surface area contributed by atoms with Crippen molar-refractivity contribution in [3.8, 4) is 11.1 Å². The van der Waals surface area contributed by atoms with E-state index >= 15 is 0 Å². The van der Waals surface area contributed by atoms with Gasteiger partial charge < -0.3 is 4.90 Å². The lowest BCUT2D eigenvalue weighted by Crippen LogP contribution is -2.36. The first-order valence-electron chi connectivity index (χ1n) is 10.4. The first-order valence-corrected chi connectivity index (χ1v) is 12.2. The highest BCUT2D eigenvalue weighted by Crippen LogP contribution is 2.29. The molecular formula is C25H21N3O2S2. The van der Waals surface area contributed by atoms with Crippen molar-refractivity contribution in [2.45, 2.75) is 19.4 Å². The van der Waals surface area contributed by atoms with Gasteiger partial charge in [0.1, 0.15) is 0 Å². The number of carbonyl (C=O) groups is 2. The van der Waals surface area contributed by atoms with Crippen LogP contribution in [0.15, 0.2) is 71.4 Å². The van der Waals surface area contributed by atoms with Crippen LogP contribution >= 0.6 is 22.7 Å². The molecule has 0 spiro atoms. The molecular weight excluding hydrogens is 438 g/mol. The Labute approximate surface area is 194 Å². The average molecular weight is 460 g/mol. The molecule has 5 rings (SSSR count). The zero-order valence-corrected chi connectivity index (χ0v) is 18.9. The quantitative estimate of drug-likeness (QED) is 0.443. The first kappa shape index (κ1) is 20.6. The maximum Gasteiger partial charge on any atom is 0.258 e. The normalized spacial score (nSPS) is 12.9. The third-order valence-corrected chi connectivity index (χ3v) is 7.19. The molecule has 5 nitrogen and oxygen atoms in total. The third-order valence-electron chi connectivity index (χ3n) is 5.50. The van der Waals surface area contributed by atoms with E-state index in [1.165, 1.54) is 28.2 Å². The lowest BCUT2D eigenvalue weighted by Gasteiger charge is -2.26. The standard InChI is InChI=1S/C25H21N3O2S2/c29-23(14-17-6-8-19(9-7-17)18-4-2-1-3-5-18)28-12-10-21-22(15-28)32-25(26-21)27-24(30)20-11-13-31-16-20/h1-9,11,13,16H,10,12,14-15H2,(H,26,27,30). The van der Waals surface area contributed by atoms with Gasteiger partial charge in [0.2, 0.25) is 5.91 Å². The summed E-state index contributed by atoms with van der Waals surface area (Å²) in [7, 11) is 0. The minimum atomic E-state index is -0.149. The molecule has 3 heterocycles. The maximum atomic E-state index is 12.9. The van der Waals surface area contributed by atoms with Gasteiger partial charge in [-0.3, -0.25) is 14.9 Å². The van der Waals surface area contributed by atoms with Crippen LogP contribution in [0.2, 0.25) is 0 Å². The summed E-state index contributed by atoms with van der Waals surface area (Å²) in [6, 6.07) is 20.2. The summed E-state index contributed by atoms with van der Waals surface area (Å²) < 4.78 is 0. The predicted molar refractivity (Wildman–Crippen MR) is 129 cm³/mol. The number of anilines is 1. The van der Waals surface area contributed by atoms with E-state index in [0.29, 0.717) is 36.6 Å². The molecule has 0 atom stereocenters. The number of hydrogen-bond donors (Lipinski definition) is 1. The third kappa shape index (κ3) is 4.49. The van der Waals surface area contributed by atoms with Crippen molar-refractivity contribution in [2.24, 2.45) is 0 Å². The molecule has 2 aromatic carbocycles. The van der Waals surface area contributed by atoms with Gasteiger partial charge in [0.15, 0.2) is 5.13 Å². The van der Waals surface area contributed by atoms with E-state index in [0.717, 1.165) is 21.7 Å². The molecule has 0 saturated heterocycles. The second-order valence-corrected chi connectivity index (χ2v) is 9.52. The molecule has 0 aliphatic carbocycles. The number of thiazole rings is 1. The van der Waals surface area contributed by atoms with Crippen LogP contribution in [-0.4, -0.2) is 28.2 Å². The van der Waals surface area contributed by atoms with Crippen LogP contribution in [0.5, 0.6) is 0 Å². The van der Waals surface area contributed by atoms with Crippen molar-refractivity contribution in [1.82, 2.24) is 9.88 Å². The van der Waals surface area contributed by atoms with Gasteiger partial charge in [0, 0.05) is 23.2 Å². The maximum absolute atomic E-state index is 12.9. The summed E-state index contributed by atoms with van der Waals surface area (Å²) >= 11 is 2.94. The molecule has 0 fully saturated rings. The van der Waals surface area contributed by atoms with Gasteiger partial charge in [-0.25, -0.2) is 4.98 Å². The average Bonchev–Trinajstić information content (AvgIpc) is 3.49. The molecule has 0 radical (unpaired) electrons. The molecule has 4 aromatic rings. The predicted octanol–water partition coefficient (Wildman–Crippen LogP) is 5.25. The molecule has 7 heteroatoms. The highest BCUT2D eigenvalue weighted by molar-refractivity contribution is 7.16. The monoisotopic (exact) mass is 459 g/mol. The highest BCUT2D eigenvalue weighted by Gasteiger charge is 2.24. The van der Waals surface area contributed by atoms with Crippen LogP contribution in [0.4, 0.5) is 5.13 Å². The molecule has 0 unspecified atom stereocenters. The minimum absolute atomic E-state index is 0.111. The van der Waals surface area contributed by atoms with Crippen molar-refractivity contribution < 1.29 is 9.59 Å². The topological polar surface area (TPSA) is 62.3 Å². The van der Waals surface area contributed by atoms with Crippen LogP contribution in [0.1, 0.15) is 26.5 Å². The zero-order valence-electron chi connectivity index (χ0n) is 17.3. The molecule has 2 aromatic heterocycles. The SMILES string of the molecule is O=C(Nc1nc2c(s1)CN(C(=O)Cc1ccc(-c3ccccc3)cc1)CC2)c1ccsc1. The Bertz CT molecular complexity index is 1230. The zero-order chi connectivity index (χ0) is 21.9.